The summed E-state index contributed by atoms with van der Waals surface area (Å²) < 4.78 is 7.04. The number of aliphatic imine (C=N–C) groups is 1. The summed E-state index contributed by atoms with van der Waals surface area (Å²) >= 11 is 6.33. The lowest BCUT2D eigenvalue weighted by Crippen LogP contribution is -2.52. The number of nitrogens with one attached hydrogen (secondary N) is 2. The topological polar surface area (TPSA) is 89.5 Å². The fourth-order valence-corrected chi connectivity index (χ4v) is 4.16. The molecule has 7 nitrogen and oxygen atoms in total. The number of amidine groups is 1. The fraction of sp³-hybridized carbons (Fsp3) is 0.429. The van der Waals surface area contributed by atoms with Crippen molar-refractivity contribution in [3.8, 4) is 5.75 Å². The molecule has 0 spiro atoms. The number of ether oxygens (including phenoxy) is 1. The fourth-order valence-electron chi connectivity index (χ4n) is 3.90. The van der Waals surface area contributed by atoms with E-state index in [9.17, 15) is 0 Å². The Balaban J connectivity index is 1.69. The van der Waals surface area contributed by atoms with Crippen LogP contribution in [0.15, 0.2) is 41.8 Å². The Morgan fingerprint density at radius 2 is 2.10 bits per heavy atom. The number of aryl methyl sites for hydroxylation is 1. The van der Waals surface area contributed by atoms with Gasteiger partial charge in [-0.1, -0.05) is 30.9 Å². The molecule has 4 rings (SSSR count). The number of hydrogen-bond donors (Lipinski definition) is 3. The summed E-state index contributed by atoms with van der Waals surface area (Å²) in [7, 11) is 3.49. The van der Waals surface area contributed by atoms with Gasteiger partial charge in [-0.05, 0) is 31.0 Å². The van der Waals surface area contributed by atoms with E-state index >= 15 is 0 Å². The van der Waals surface area contributed by atoms with Crippen molar-refractivity contribution in [2.45, 2.75) is 43.9 Å². The van der Waals surface area contributed by atoms with E-state index in [0.29, 0.717) is 16.8 Å². The van der Waals surface area contributed by atoms with Crippen molar-refractivity contribution < 1.29 is 4.74 Å². The molecule has 2 aromatic rings. The minimum absolute atomic E-state index is 0.393. The maximum atomic E-state index is 6.68. The van der Waals surface area contributed by atoms with Gasteiger partial charge in [0.25, 0.3) is 0 Å². The van der Waals surface area contributed by atoms with Gasteiger partial charge in [0.05, 0.1) is 18.3 Å². The third-order valence-corrected chi connectivity index (χ3v) is 5.83. The van der Waals surface area contributed by atoms with Crippen molar-refractivity contribution >= 4 is 23.0 Å². The van der Waals surface area contributed by atoms with E-state index in [1.807, 2.05) is 31.7 Å². The van der Waals surface area contributed by atoms with Crippen molar-refractivity contribution in [1.29, 1.82) is 0 Å². The third kappa shape index (κ3) is 4.11. The van der Waals surface area contributed by atoms with Gasteiger partial charge in [0.15, 0.2) is 0 Å². The molecule has 1 aromatic carbocycles. The second-order valence-electron chi connectivity index (χ2n) is 7.66. The Labute approximate surface area is 176 Å². The smallest absolute Gasteiger partial charge is 0.211 e. The molecule has 8 heteroatoms. The number of rotatable bonds is 4. The van der Waals surface area contributed by atoms with Gasteiger partial charge in [0.2, 0.25) is 5.79 Å². The van der Waals surface area contributed by atoms with E-state index in [1.165, 1.54) is 19.3 Å². The Kier molecular flexibility index (Phi) is 5.52. The second kappa shape index (κ2) is 8.08. The lowest BCUT2D eigenvalue weighted by molar-refractivity contribution is 0.391. The molecule has 2 aliphatic rings. The molecule has 2 heterocycles. The monoisotopic (exact) mass is 414 g/mol. The number of nitrogens with zero attached hydrogens (tertiary/aromatic N) is 3. The first-order valence-corrected chi connectivity index (χ1v) is 10.3. The van der Waals surface area contributed by atoms with Crippen molar-refractivity contribution in [3.63, 3.8) is 0 Å². The maximum Gasteiger partial charge on any atom is 0.211 e. The molecule has 0 bridgehead atoms. The predicted molar refractivity (Wildman–Crippen MR) is 116 cm³/mol. The minimum atomic E-state index is -1.13. The summed E-state index contributed by atoms with van der Waals surface area (Å²) in [5, 5.41) is 11.7. The number of hydrogen-bond acceptors (Lipinski definition) is 6. The highest BCUT2D eigenvalue weighted by Crippen LogP contribution is 2.32. The lowest BCUT2D eigenvalue weighted by atomic mass is 9.94. The van der Waals surface area contributed by atoms with E-state index in [4.69, 9.17) is 27.1 Å². The lowest BCUT2D eigenvalue weighted by Gasteiger charge is -2.34. The average Bonchev–Trinajstić information content (AvgIpc) is 3.15. The van der Waals surface area contributed by atoms with Gasteiger partial charge in [0.1, 0.15) is 11.6 Å². The van der Waals surface area contributed by atoms with Crippen LogP contribution in [-0.2, 0) is 12.8 Å². The summed E-state index contributed by atoms with van der Waals surface area (Å²) in [5.74, 6) is 0.252. The number of nitrogens with two attached hydrogens (primary N) is 1. The maximum absolute atomic E-state index is 6.68. The van der Waals surface area contributed by atoms with Crippen LogP contribution < -0.4 is 21.1 Å². The largest absolute Gasteiger partial charge is 0.495 e. The molecule has 1 fully saturated rings. The van der Waals surface area contributed by atoms with Gasteiger partial charge in [-0.15, -0.1) is 0 Å². The van der Waals surface area contributed by atoms with Crippen molar-refractivity contribution in [3.05, 3.63) is 52.9 Å². The highest BCUT2D eigenvalue weighted by atomic mass is 35.5. The summed E-state index contributed by atoms with van der Waals surface area (Å²) in [5.41, 5.74) is 9.37. The van der Waals surface area contributed by atoms with E-state index in [2.05, 4.69) is 15.7 Å². The first kappa shape index (κ1) is 19.8. The SMILES string of the molecule is COc1ccc(C2(N)N=C(NC3CCCCC3)C(c3cnn(C)c3)=CN2)cc1Cl. The molecule has 1 atom stereocenters. The van der Waals surface area contributed by atoms with E-state index in [-0.39, 0.29) is 0 Å². The average molecular weight is 415 g/mol. The first-order chi connectivity index (χ1) is 14.0. The third-order valence-electron chi connectivity index (χ3n) is 5.53. The molecule has 1 unspecified atom stereocenters. The van der Waals surface area contributed by atoms with Gasteiger partial charge in [-0.2, -0.15) is 5.10 Å². The minimum Gasteiger partial charge on any atom is -0.495 e. The van der Waals surface area contributed by atoms with Gasteiger partial charge >= 0.3 is 0 Å². The number of benzene rings is 1. The van der Waals surface area contributed by atoms with Gasteiger partial charge in [0, 0.05) is 42.2 Å². The standard InChI is InChI=1S/C21H27ClN6O/c1-28-13-14(11-25-28)17-12-24-21(23,15-8-9-19(29-2)18(22)10-15)27-20(17)26-16-6-4-3-5-7-16/h8-13,16,24H,3-7,23H2,1-2H3,(H,26,27). The molecule has 1 aliphatic carbocycles. The number of aromatic nitrogens is 2. The van der Waals surface area contributed by atoms with Crippen LogP contribution >= 0.6 is 11.6 Å². The Hall–Kier alpha value is -2.51. The molecule has 4 N–H and O–H groups in total. The summed E-state index contributed by atoms with van der Waals surface area (Å²) in [4.78, 5) is 4.91. The molecule has 154 valence electrons. The van der Waals surface area contributed by atoms with Crippen LogP contribution in [0.3, 0.4) is 0 Å². The van der Waals surface area contributed by atoms with Crippen molar-refractivity contribution in [1.82, 2.24) is 20.4 Å². The molecule has 1 saturated carbocycles. The normalized spacial score (nSPS) is 22.5. The molecule has 29 heavy (non-hydrogen) atoms. The highest BCUT2D eigenvalue weighted by Gasteiger charge is 2.32. The van der Waals surface area contributed by atoms with Crippen molar-refractivity contribution in [2.75, 3.05) is 7.11 Å². The zero-order valence-electron chi connectivity index (χ0n) is 16.8. The summed E-state index contributed by atoms with van der Waals surface area (Å²) in [6, 6.07) is 5.86. The molecule has 0 radical (unpaired) electrons. The Bertz CT molecular complexity index is 946. The van der Waals surface area contributed by atoms with Gasteiger partial charge < -0.3 is 15.4 Å². The molecule has 0 saturated heterocycles. The molecule has 1 aromatic heterocycles. The highest BCUT2D eigenvalue weighted by molar-refractivity contribution is 6.32. The zero-order chi connectivity index (χ0) is 20.4. The molecule has 0 amide bonds. The van der Waals surface area contributed by atoms with Crippen LogP contribution in [0, 0.1) is 0 Å². The van der Waals surface area contributed by atoms with Crippen LogP contribution in [0.1, 0.15) is 43.2 Å². The van der Waals surface area contributed by atoms with Gasteiger partial charge in [-0.25, -0.2) is 4.99 Å². The van der Waals surface area contributed by atoms with Crippen LogP contribution in [0.25, 0.3) is 5.57 Å². The second-order valence-corrected chi connectivity index (χ2v) is 8.07. The van der Waals surface area contributed by atoms with Gasteiger partial charge in [-0.3, -0.25) is 10.4 Å². The zero-order valence-corrected chi connectivity index (χ0v) is 17.5. The van der Waals surface area contributed by atoms with Crippen LogP contribution in [0.2, 0.25) is 5.02 Å². The summed E-state index contributed by atoms with van der Waals surface area (Å²) in [6.07, 6.45) is 11.8. The van der Waals surface area contributed by atoms with Crippen LogP contribution in [0.5, 0.6) is 5.75 Å². The number of methoxy groups -OCH3 is 1. The Morgan fingerprint density at radius 3 is 2.76 bits per heavy atom. The van der Waals surface area contributed by atoms with Crippen LogP contribution in [-0.4, -0.2) is 28.8 Å². The molecule has 1 aliphatic heterocycles. The van der Waals surface area contributed by atoms with E-state index < -0.39 is 5.79 Å². The quantitative estimate of drug-likeness (QED) is 0.715. The predicted octanol–water partition coefficient (Wildman–Crippen LogP) is 3.12. The number of halogens is 1. The van der Waals surface area contributed by atoms with Crippen LogP contribution in [0.4, 0.5) is 0 Å². The Morgan fingerprint density at radius 1 is 1.31 bits per heavy atom. The van der Waals surface area contributed by atoms with E-state index in [0.717, 1.165) is 35.4 Å². The summed E-state index contributed by atoms with van der Waals surface area (Å²) in [6.45, 7) is 0. The molecular formula is C21H27ClN6O. The van der Waals surface area contributed by atoms with E-state index in [1.54, 1.807) is 23.9 Å². The molecular weight excluding hydrogens is 388 g/mol. The van der Waals surface area contributed by atoms with Crippen molar-refractivity contribution in [2.24, 2.45) is 17.8 Å². The first-order valence-electron chi connectivity index (χ1n) is 9.95.